The van der Waals surface area contributed by atoms with Crippen molar-refractivity contribution in [3.63, 3.8) is 0 Å². The smallest absolute Gasteiger partial charge is 0.253 e. The van der Waals surface area contributed by atoms with E-state index in [-0.39, 0.29) is 5.91 Å². The van der Waals surface area contributed by atoms with E-state index in [0.717, 1.165) is 21.3 Å². The summed E-state index contributed by atoms with van der Waals surface area (Å²) in [6, 6.07) is 15.2. The molecule has 1 amide bonds. The Morgan fingerprint density at radius 1 is 1.09 bits per heavy atom. The zero-order valence-electron chi connectivity index (χ0n) is 12.2. The molecule has 114 valence electrons. The van der Waals surface area contributed by atoms with Gasteiger partial charge in [0.05, 0.1) is 11.3 Å². The Morgan fingerprint density at radius 2 is 2.00 bits per heavy atom. The molecular weight excluding hydrogens is 354 g/mol. The van der Waals surface area contributed by atoms with Gasteiger partial charge in [0.15, 0.2) is 0 Å². The zero-order chi connectivity index (χ0) is 16.1. The van der Waals surface area contributed by atoms with Crippen LogP contribution in [-0.4, -0.2) is 15.9 Å². The van der Waals surface area contributed by atoms with Gasteiger partial charge in [-0.1, -0.05) is 28.1 Å². The lowest BCUT2D eigenvalue weighted by Gasteiger charge is -2.06. The van der Waals surface area contributed by atoms with Crippen LogP contribution in [0.4, 0.5) is 0 Å². The fourth-order valence-electron chi connectivity index (χ4n) is 2.14. The Bertz CT molecular complexity index is 804. The second-order valence-electron chi connectivity index (χ2n) is 4.99. The Hall–Kier alpha value is -2.53. The van der Waals surface area contributed by atoms with Crippen molar-refractivity contribution in [1.82, 2.24) is 15.3 Å². The summed E-state index contributed by atoms with van der Waals surface area (Å²) in [5.41, 5.74) is 3.29. The lowest BCUT2D eigenvalue weighted by atomic mass is 10.1. The first-order valence-electron chi connectivity index (χ1n) is 7.11. The number of hydrogen-bond donors (Lipinski definition) is 1. The number of halogens is 1. The molecule has 1 N–H and O–H groups in total. The summed E-state index contributed by atoms with van der Waals surface area (Å²) in [4.78, 5) is 20.6. The molecule has 0 aliphatic carbocycles. The number of benzene rings is 1. The second kappa shape index (κ2) is 7.15. The molecule has 3 aromatic rings. The fourth-order valence-corrected chi connectivity index (χ4v) is 2.59. The summed E-state index contributed by atoms with van der Waals surface area (Å²) in [6.45, 7) is 0.475. The van der Waals surface area contributed by atoms with E-state index < -0.39 is 0 Å². The molecule has 0 radical (unpaired) electrons. The van der Waals surface area contributed by atoms with Gasteiger partial charge in [0.2, 0.25) is 0 Å². The third-order valence-corrected chi connectivity index (χ3v) is 3.82. The summed E-state index contributed by atoms with van der Waals surface area (Å²) in [6.07, 6.45) is 5.04. The van der Waals surface area contributed by atoms with Gasteiger partial charge in [0.25, 0.3) is 5.91 Å². The lowest BCUT2D eigenvalue weighted by molar-refractivity contribution is 0.0950. The van der Waals surface area contributed by atoms with Crippen molar-refractivity contribution in [2.24, 2.45) is 0 Å². The summed E-state index contributed by atoms with van der Waals surface area (Å²) >= 11 is 3.42. The number of carbonyl (C=O) groups is 1. The monoisotopic (exact) mass is 367 g/mol. The molecule has 1 aromatic carbocycles. The van der Waals surface area contributed by atoms with Crippen LogP contribution in [0.2, 0.25) is 0 Å². The van der Waals surface area contributed by atoms with Gasteiger partial charge < -0.3 is 5.32 Å². The summed E-state index contributed by atoms with van der Waals surface area (Å²) in [5, 5.41) is 2.89. The van der Waals surface area contributed by atoms with Gasteiger partial charge in [-0.2, -0.15) is 0 Å². The Kier molecular flexibility index (Phi) is 4.78. The normalized spacial score (nSPS) is 10.3. The number of aromatic nitrogens is 2. The van der Waals surface area contributed by atoms with E-state index in [2.05, 4.69) is 31.2 Å². The van der Waals surface area contributed by atoms with Crippen molar-refractivity contribution in [2.75, 3.05) is 0 Å². The van der Waals surface area contributed by atoms with Gasteiger partial charge in [-0.05, 0) is 42.0 Å². The van der Waals surface area contributed by atoms with Crippen molar-refractivity contribution in [1.29, 1.82) is 0 Å². The molecule has 0 saturated carbocycles. The number of nitrogens with one attached hydrogen (secondary N) is 1. The van der Waals surface area contributed by atoms with E-state index in [1.807, 2.05) is 42.5 Å². The van der Waals surface area contributed by atoms with E-state index in [1.165, 1.54) is 0 Å². The van der Waals surface area contributed by atoms with Gasteiger partial charge in [-0.15, -0.1) is 0 Å². The van der Waals surface area contributed by atoms with Crippen molar-refractivity contribution in [3.8, 4) is 11.3 Å². The highest BCUT2D eigenvalue weighted by molar-refractivity contribution is 9.10. The zero-order valence-corrected chi connectivity index (χ0v) is 13.8. The first kappa shape index (κ1) is 15.4. The van der Waals surface area contributed by atoms with Crippen LogP contribution in [0.1, 0.15) is 15.9 Å². The van der Waals surface area contributed by atoms with Gasteiger partial charge in [-0.3, -0.25) is 14.8 Å². The second-order valence-corrected chi connectivity index (χ2v) is 5.90. The standard InChI is InChI=1S/C18H14BrN3O/c19-16-5-1-3-13(9-16)10-22-18(23)15-6-7-17(21-12-15)14-4-2-8-20-11-14/h1-9,11-12H,10H2,(H,22,23). The van der Waals surface area contributed by atoms with Crippen LogP contribution in [-0.2, 0) is 6.54 Å². The number of rotatable bonds is 4. The Balaban J connectivity index is 1.66. The number of carbonyl (C=O) groups excluding carboxylic acids is 1. The quantitative estimate of drug-likeness (QED) is 0.762. The number of pyridine rings is 2. The molecule has 0 saturated heterocycles. The van der Waals surface area contributed by atoms with Crippen LogP contribution < -0.4 is 5.32 Å². The van der Waals surface area contributed by atoms with E-state index in [4.69, 9.17) is 0 Å². The SMILES string of the molecule is O=C(NCc1cccc(Br)c1)c1ccc(-c2cccnc2)nc1. The minimum atomic E-state index is -0.143. The largest absolute Gasteiger partial charge is 0.348 e. The minimum Gasteiger partial charge on any atom is -0.348 e. The molecule has 2 heterocycles. The highest BCUT2D eigenvalue weighted by Crippen LogP contribution is 2.15. The third kappa shape index (κ3) is 4.02. The fraction of sp³-hybridized carbons (Fsp3) is 0.0556. The van der Waals surface area contributed by atoms with E-state index >= 15 is 0 Å². The van der Waals surface area contributed by atoms with Gasteiger partial charge >= 0.3 is 0 Å². The summed E-state index contributed by atoms with van der Waals surface area (Å²) in [7, 11) is 0. The maximum absolute atomic E-state index is 12.2. The molecule has 0 unspecified atom stereocenters. The van der Waals surface area contributed by atoms with Crippen LogP contribution in [0.25, 0.3) is 11.3 Å². The summed E-state index contributed by atoms with van der Waals surface area (Å²) in [5.74, 6) is -0.143. The molecule has 23 heavy (non-hydrogen) atoms. The van der Waals surface area contributed by atoms with E-state index in [9.17, 15) is 4.79 Å². The molecule has 4 nitrogen and oxygen atoms in total. The minimum absolute atomic E-state index is 0.143. The number of hydrogen-bond acceptors (Lipinski definition) is 3. The van der Waals surface area contributed by atoms with Gasteiger partial charge in [0.1, 0.15) is 0 Å². The summed E-state index contributed by atoms with van der Waals surface area (Å²) < 4.78 is 0.992. The Labute approximate surface area is 142 Å². The topological polar surface area (TPSA) is 54.9 Å². The third-order valence-electron chi connectivity index (χ3n) is 3.33. The van der Waals surface area contributed by atoms with Crippen molar-refractivity contribution in [2.45, 2.75) is 6.54 Å². The average molecular weight is 368 g/mol. The molecule has 0 aliphatic heterocycles. The molecule has 0 atom stereocenters. The van der Waals surface area contributed by atoms with Crippen molar-refractivity contribution in [3.05, 3.63) is 82.7 Å². The maximum Gasteiger partial charge on any atom is 0.253 e. The first-order valence-corrected chi connectivity index (χ1v) is 7.91. The van der Waals surface area contributed by atoms with Crippen LogP contribution in [0.15, 0.2) is 71.6 Å². The van der Waals surface area contributed by atoms with E-state index in [1.54, 1.807) is 24.7 Å². The van der Waals surface area contributed by atoms with Crippen molar-refractivity contribution >= 4 is 21.8 Å². The van der Waals surface area contributed by atoms with Crippen LogP contribution in [0.5, 0.6) is 0 Å². The van der Waals surface area contributed by atoms with Gasteiger partial charge in [0, 0.05) is 35.2 Å². The van der Waals surface area contributed by atoms with E-state index in [0.29, 0.717) is 12.1 Å². The van der Waals surface area contributed by atoms with Crippen LogP contribution in [0.3, 0.4) is 0 Å². The Morgan fingerprint density at radius 3 is 2.70 bits per heavy atom. The predicted molar refractivity (Wildman–Crippen MR) is 92.8 cm³/mol. The lowest BCUT2D eigenvalue weighted by Crippen LogP contribution is -2.22. The van der Waals surface area contributed by atoms with Crippen LogP contribution >= 0.6 is 15.9 Å². The molecule has 0 aliphatic rings. The highest BCUT2D eigenvalue weighted by atomic mass is 79.9. The maximum atomic E-state index is 12.2. The molecule has 0 spiro atoms. The van der Waals surface area contributed by atoms with Crippen molar-refractivity contribution < 1.29 is 4.79 Å². The van der Waals surface area contributed by atoms with Crippen LogP contribution in [0, 0.1) is 0 Å². The molecule has 5 heteroatoms. The molecular formula is C18H14BrN3O. The molecule has 0 fully saturated rings. The molecule has 0 bridgehead atoms. The predicted octanol–water partition coefficient (Wildman–Crippen LogP) is 3.84. The highest BCUT2D eigenvalue weighted by Gasteiger charge is 2.07. The molecule has 2 aromatic heterocycles. The number of amides is 1. The number of nitrogens with zero attached hydrogens (tertiary/aromatic N) is 2. The molecule has 3 rings (SSSR count). The average Bonchev–Trinajstić information content (AvgIpc) is 2.61. The van der Waals surface area contributed by atoms with Gasteiger partial charge in [-0.25, -0.2) is 0 Å². The first-order chi connectivity index (χ1) is 11.2.